The number of hydrogen-bond donors (Lipinski definition) is 2. The minimum Gasteiger partial charge on any atom is -0.444 e. The van der Waals surface area contributed by atoms with Gasteiger partial charge in [-0.05, 0) is 138 Å². The Morgan fingerprint density at radius 1 is 0.667 bits per heavy atom. The fraction of sp³-hybridized carbons (Fsp3) is 0.640. The molecule has 2 aliphatic carbocycles. The van der Waals surface area contributed by atoms with Crippen molar-refractivity contribution < 1.29 is 53.7 Å². The molecule has 0 aliphatic heterocycles. The number of hydrogen-bond acceptors (Lipinski definition) is 11. The summed E-state index contributed by atoms with van der Waals surface area (Å²) in [5, 5.41) is 6.08. The molecule has 2 aliphatic rings. The van der Waals surface area contributed by atoms with Crippen molar-refractivity contribution in [1.82, 2.24) is 20.6 Å². The number of alkyl halides is 3. The summed E-state index contributed by atoms with van der Waals surface area (Å²) in [6, 6.07) is 10.7. The Morgan fingerprint density at radius 2 is 1.07 bits per heavy atom. The highest BCUT2D eigenvalue weighted by Crippen LogP contribution is 2.42. The van der Waals surface area contributed by atoms with E-state index in [1.807, 2.05) is 33.2 Å². The molecule has 0 saturated carbocycles. The number of benzene rings is 2. The zero-order valence-electron chi connectivity index (χ0n) is 43.0. The minimum absolute atomic E-state index is 0. The molecule has 1 heterocycles. The topological polar surface area (TPSA) is 164 Å². The van der Waals surface area contributed by atoms with Crippen LogP contribution in [0.5, 0.6) is 5.75 Å². The van der Waals surface area contributed by atoms with Crippen molar-refractivity contribution in [1.29, 1.82) is 0 Å². The van der Waals surface area contributed by atoms with Crippen molar-refractivity contribution in [3.05, 3.63) is 77.4 Å². The van der Waals surface area contributed by atoms with Crippen molar-refractivity contribution in [3.63, 3.8) is 0 Å². The number of fused-ring (bicyclic) bond motifs is 2. The van der Waals surface area contributed by atoms with Crippen LogP contribution in [-0.4, -0.2) is 88.2 Å². The van der Waals surface area contributed by atoms with Gasteiger partial charge in [-0.2, -0.15) is 21.6 Å². The molecule has 0 fully saturated rings. The SMILES string of the molecule is C.CC(C)(C)OC(=O)NC1(CO[Si](C)(C)C(C)(C)C)CCc2cccc(-c3cncnc3)c2C1.CC(C)(C)OC(=O)NC1(CO[Si](C)(C)C(C)(C)C)CCc2cccc(OS(=O)(=O)C(F)(F)F)c2C1. The molecule has 5 rings (SSSR count). The van der Waals surface area contributed by atoms with E-state index in [0.29, 0.717) is 31.4 Å². The van der Waals surface area contributed by atoms with E-state index < -0.39 is 72.5 Å². The molecule has 2 amide bonds. The van der Waals surface area contributed by atoms with E-state index in [1.165, 1.54) is 23.3 Å². The summed E-state index contributed by atoms with van der Waals surface area (Å²) in [5.74, 6) is -0.415. The van der Waals surface area contributed by atoms with E-state index in [0.717, 1.165) is 24.0 Å². The Kier molecular flexibility index (Phi) is 18.3. The number of carbonyl (C=O) groups is 2. The van der Waals surface area contributed by atoms with Gasteiger partial charge in [-0.15, -0.1) is 0 Å². The van der Waals surface area contributed by atoms with Gasteiger partial charge in [-0.1, -0.05) is 79.3 Å². The minimum atomic E-state index is -5.86. The van der Waals surface area contributed by atoms with Gasteiger partial charge in [0.2, 0.25) is 0 Å². The van der Waals surface area contributed by atoms with Gasteiger partial charge in [0.25, 0.3) is 0 Å². The summed E-state index contributed by atoms with van der Waals surface area (Å²) in [6.07, 6.45) is 7.25. The number of amides is 2. The highest BCUT2D eigenvalue weighted by atomic mass is 32.2. The molecule has 2 unspecified atom stereocenters. The van der Waals surface area contributed by atoms with Crippen molar-refractivity contribution in [2.45, 2.75) is 193 Å². The molecule has 0 saturated heterocycles. The third-order valence-electron chi connectivity index (χ3n) is 13.2. The number of rotatable bonds is 11. The second kappa shape index (κ2) is 21.4. The molecule has 1 aromatic heterocycles. The molecule has 388 valence electrons. The molecular formula is C50H79F3N4O9SSi2. The van der Waals surface area contributed by atoms with Crippen LogP contribution >= 0.6 is 0 Å². The van der Waals surface area contributed by atoms with Crippen LogP contribution in [-0.2, 0) is 54.1 Å². The number of carbonyl (C=O) groups excluding carboxylic acids is 2. The van der Waals surface area contributed by atoms with Crippen LogP contribution in [0.3, 0.4) is 0 Å². The lowest BCUT2D eigenvalue weighted by molar-refractivity contribution is -0.0500. The Labute approximate surface area is 412 Å². The molecule has 13 nitrogen and oxygen atoms in total. The Morgan fingerprint density at radius 3 is 1.48 bits per heavy atom. The van der Waals surface area contributed by atoms with Gasteiger partial charge in [0, 0.05) is 29.9 Å². The monoisotopic (exact) mass is 1020 g/mol. The molecule has 3 aromatic rings. The van der Waals surface area contributed by atoms with Crippen LogP contribution in [0, 0.1) is 0 Å². The van der Waals surface area contributed by atoms with Crippen LogP contribution in [0.1, 0.15) is 126 Å². The normalized spacial score (nSPS) is 19.1. The maximum absolute atomic E-state index is 13.0. The molecule has 0 spiro atoms. The highest BCUT2D eigenvalue weighted by molar-refractivity contribution is 7.88. The molecule has 19 heteroatoms. The fourth-order valence-corrected chi connectivity index (χ4v) is 9.95. The third-order valence-corrected chi connectivity index (χ3v) is 23.1. The van der Waals surface area contributed by atoms with Crippen LogP contribution < -0.4 is 14.8 Å². The third kappa shape index (κ3) is 16.0. The molecule has 0 radical (unpaired) electrons. The lowest BCUT2D eigenvalue weighted by Gasteiger charge is -2.44. The van der Waals surface area contributed by atoms with Crippen molar-refractivity contribution in [2.75, 3.05) is 13.2 Å². The first-order valence-electron chi connectivity index (χ1n) is 23.1. The lowest BCUT2D eigenvalue weighted by Crippen LogP contribution is -2.58. The van der Waals surface area contributed by atoms with Crippen molar-refractivity contribution >= 4 is 38.9 Å². The molecule has 0 bridgehead atoms. The summed E-state index contributed by atoms with van der Waals surface area (Å²) in [7, 11) is -10.1. The summed E-state index contributed by atoms with van der Waals surface area (Å²) in [6.45, 7) is 32.8. The maximum atomic E-state index is 13.0. The maximum Gasteiger partial charge on any atom is 0.534 e. The lowest BCUT2D eigenvalue weighted by atomic mass is 9.76. The van der Waals surface area contributed by atoms with Crippen LogP contribution in [0.2, 0.25) is 36.3 Å². The van der Waals surface area contributed by atoms with E-state index in [-0.39, 0.29) is 36.1 Å². The smallest absolute Gasteiger partial charge is 0.444 e. The first-order chi connectivity index (χ1) is 30.8. The van der Waals surface area contributed by atoms with Gasteiger partial charge in [-0.3, -0.25) is 0 Å². The first-order valence-corrected chi connectivity index (χ1v) is 30.3. The quantitative estimate of drug-likeness (QED) is 0.107. The predicted octanol–water partition coefficient (Wildman–Crippen LogP) is 12.2. The van der Waals surface area contributed by atoms with Crippen molar-refractivity contribution in [3.8, 4) is 16.9 Å². The number of aromatic nitrogens is 2. The van der Waals surface area contributed by atoms with Gasteiger partial charge < -0.3 is 33.1 Å². The summed E-state index contributed by atoms with van der Waals surface area (Å²) < 4.78 is 91.1. The zero-order chi connectivity index (χ0) is 51.6. The van der Waals surface area contributed by atoms with Crippen LogP contribution in [0.4, 0.5) is 22.8 Å². The zero-order valence-corrected chi connectivity index (χ0v) is 45.8. The van der Waals surface area contributed by atoms with Gasteiger partial charge in [-0.25, -0.2) is 19.6 Å². The van der Waals surface area contributed by atoms with E-state index >= 15 is 0 Å². The number of alkyl carbamates (subject to hydrolysis) is 2. The molecule has 2 aromatic carbocycles. The highest BCUT2D eigenvalue weighted by Gasteiger charge is 2.50. The summed E-state index contributed by atoms with van der Waals surface area (Å²) in [4.78, 5) is 34.1. The van der Waals surface area contributed by atoms with E-state index in [1.54, 1.807) is 33.2 Å². The van der Waals surface area contributed by atoms with E-state index in [2.05, 4.69) is 111 Å². The Hall–Kier alpha value is -4.05. The standard InChI is InChI=1S/C26H39N3O3Si.C23H36F3NO6SSi.CH4/c1-24(2,3)32-23(30)29-26(17-31-33(7,8)25(4,5)6)13-12-19-10-9-11-21(22(19)14-26)20-15-27-18-28-16-20;1-20(2,3)32-19(28)27-22(15-31-35(7,8)21(4,5)6)13-12-16-10-9-11-18(17(16)14-22)33-34(29,30)23(24,25)26;/h9-11,15-16,18H,12-14,17H2,1-8H3,(H,29,30);9-11H,12-15H2,1-8H3,(H,27,28);1H4. The summed E-state index contributed by atoms with van der Waals surface area (Å²) in [5.41, 5.74) is -2.96. The number of nitrogens with zero attached hydrogens (tertiary/aromatic N) is 2. The van der Waals surface area contributed by atoms with Gasteiger partial charge in [0.15, 0.2) is 16.6 Å². The van der Waals surface area contributed by atoms with Crippen LogP contribution in [0.25, 0.3) is 11.1 Å². The molecule has 2 atom stereocenters. The number of halogens is 3. The van der Waals surface area contributed by atoms with Gasteiger partial charge >= 0.3 is 27.8 Å². The predicted molar refractivity (Wildman–Crippen MR) is 271 cm³/mol. The largest absolute Gasteiger partial charge is 0.534 e. The number of aryl methyl sites for hydroxylation is 2. The molecular weight excluding hydrogens is 946 g/mol. The average molecular weight is 1030 g/mol. The Bertz CT molecular complexity index is 2360. The van der Waals surface area contributed by atoms with Gasteiger partial charge in [0.1, 0.15) is 23.3 Å². The number of nitrogens with one attached hydrogen (secondary N) is 2. The summed E-state index contributed by atoms with van der Waals surface area (Å²) >= 11 is 0. The van der Waals surface area contributed by atoms with Crippen molar-refractivity contribution in [2.24, 2.45) is 0 Å². The van der Waals surface area contributed by atoms with Crippen LogP contribution in [0.15, 0.2) is 55.1 Å². The molecule has 69 heavy (non-hydrogen) atoms. The van der Waals surface area contributed by atoms with E-state index in [9.17, 15) is 31.2 Å². The van der Waals surface area contributed by atoms with Gasteiger partial charge in [0.05, 0.1) is 24.3 Å². The second-order valence-corrected chi connectivity index (χ2v) is 34.4. The average Bonchev–Trinajstić information content (AvgIpc) is 3.17. The fourth-order valence-electron chi connectivity index (χ4n) is 7.32. The first kappa shape index (κ1) is 59.3. The second-order valence-electron chi connectivity index (χ2n) is 23.2. The Balaban J connectivity index is 0.000000361. The molecule has 2 N–H and O–H groups in total. The number of ether oxygens (including phenoxy) is 2. The van der Waals surface area contributed by atoms with E-state index in [4.69, 9.17) is 18.3 Å².